The number of aliphatic hydroxyl groups is 1. The molecule has 1 saturated heterocycles. The number of anilines is 1. The van der Waals surface area contributed by atoms with Crippen molar-refractivity contribution in [3.63, 3.8) is 0 Å². The van der Waals surface area contributed by atoms with Crippen molar-refractivity contribution >= 4 is 34.5 Å². The predicted molar refractivity (Wildman–Crippen MR) is 188 cm³/mol. The van der Waals surface area contributed by atoms with Gasteiger partial charge in [-0.15, -0.1) is 0 Å². The Morgan fingerprint density at radius 2 is 1.79 bits per heavy atom. The van der Waals surface area contributed by atoms with Gasteiger partial charge in [0.1, 0.15) is 18.6 Å². The Kier molecular flexibility index (Phi) is 9.34. The molecule has 48 heavy (non-hydrogen) atoms. The first-order valence-electron chi connectivity index (χ1n) is 17.2. The molecule has 1 atom stereocenters. The fourth-order valence-corrected chi connectivity index (χ4v) is 7.83. The number of aliphatic carboxylic acids is 1. The lowest BCUT2D eigenvalue weighted by Gasteiger charge is -2.37. The molecule has 3 aliphatic rings. The normalized spacial score (nSPS) is 18.4. The van der Waals surface area contributed by atoms with E-state index in [0.29, 0.717) is 50.7 Å². The second-order valence-electron chi connectivity index (χ2n) is 13.4. The number of carbonyl (C=O) groups is 2. The highest BCUT2D eigenvalue weighted by molar-refractivity contribution is 5.96. The molecule has 2 fully saturated rings. The Balaban J connectivity index is 1.14. The van der Waals surface area contributed by atoms with Gasteiger partial charge in [-0.05, 0) is 97.8 Å². The molecule has 5 N–H and O–H groups in total. The number of nitrogens with zero attached hydrogens (tertiary/aromatic N) is 1. The van der Waals surface area contributed by atoms with Gasteiger partial charge in [0.25, 0.3) is 0 Å². The van der Waals surface area contributed by atoms with Crippen LogP contribution in [0.15, 0.2) is 72.8 Å². The van der Waals surface area contributed by atoms with Gasteiger partial charge < -0.3 is 30.2 Å². The van der Waals surface area contributed by atoms with E-state index in [1.807, 2.05) is 12.1 Å². The standard InChI is InChI=1S/C39H44N4O5/c44-34(45)17-12-26-10-14-29(15-11-26)42-38(47)39(18-20-40-21-19-39)25-41-37(46)28-13-16-30-32(24-28)43-22-23-48-33-9-5-4-8-31(33)36(43)35(30)27-6-2-1-3-7-27/h4-5,8-17,24,27,37,40-41,46H,1-3,6-7,18-23,25H2,(H,42,47)(H,44,45)/b17-12+. The molecular formula is C39H44N4O5. The van der Waals surface area contributed by atoms with E-state index in [0.717, 1.165) is 40.6 Å². The molecule has 9 nitrogen and oxygen atoms in total. The molecule has 7 rings (SSSR count). The number of aromatic nitrogens is 1. The number of rotatable bonds is 9. The van der Waals surface area contributed by atoms with Crippen molar-refractivity contribution in [2.45, 2.75) is 63.6 Å². The summed E-state index contributed by atoms with van der Waals surface area (Å²) in [6.45, 7) is 3.04. The third-order valence-corrected chi connectivity index (χ3v) is 10.4. The van der Waals surface area contributed by atoms with Crippen LogP contribution in [0.2, 0.25) is 0 Å². The van der Waals surface area contributed by atoms with E-state index >= 15 is 0 Å². The van der Waals surface area contributed by atoms with Gasteiger partial charge in [0, 0.05) is 34.8 Å². The van der Waals surface area contributed by atoms with Crippen molar-refractivity contribution in [1.82, 2.24) is 15.2 Å². The summed E-state index contributed by atoms with van der Waals surface area (Å²) in [6, 6.07) is 21.8. The van der Waals surface area contributed by atoms with E-state index in [1.54, 1.807) is 24.3 Å². The summed E-state index contributed by atoms with van der Waals surface area (Å²) in [6.07, 6.45) is 9.07. The third-order valence-electron chi connectivity index (χ3n) is 10.4. The molecule has 0 radical (unpaired) electrons. The minimum absolute atomic E-state index is 0.0966. The van der Waals surface area contributed by atoms with Crippen LogP contribution in [0.1, 0.15) is 73.8 Å². The summed E-state index contributed by atoms with van der Waals surface area (Å²) in [5, 5.41) is 31.4. The number of fused-ring (bicyclic) bond motifs is 5. The monoisotopic (exact) mass is 648 g/mol. The van der Waals surface area contributed by atoms with Crippen LogP contribution in [0, 0.1) is 5.41 Å². The van der Waals surface area contributed by atoms with Gasteiger partial charge in [0.2, 0.25) is 5.91 Å². The van der Waals surface area contributed by atoms with Crippen molar-refractivity contribution in [3.05, 3.63) is 89.5 Å². The second kappa shape index (κ2) is 14.0. The number of carboxylic acids is 1. The van der Waals surface area contributed by atoms with Gasteiger partial charge in [-0.2, -0.15) is 0 Å². The van der Waals surface area contributed by atoms with Crippen LogP contribution in [0.25, 0.3) is 28.2 Å². The summed E-state index contributed by atoms with van der Waals surface area (Å²) >= 11 is 0. The third kappa shape index (κ3) is 6.50. The van der Waals surface area contributed by atoms with Crippen molar-refractivity contribution in [2.24, 2.45) is 5.41 Å². The zero-order chi connectivity index (χ0) is 33.1. The van der Waals surface area contributed by atoms with Crippen LogP contribution in [0.5, 0.6) is 5.75 Å². The lowest BCUT2D eigenvalue weighted by molar-refractivity contribution is -0.131. The van der Waals surface area contributed by atoms with Crippen LogP contribution >= 0.6 is 0 Å². The van der Waals surface area contributed by atoms with E-state index in [2.05, 4.69) is 50.8 Å². The fraction of sp³-hybridized carbons (Fsp3) is 0.385. The largest absolute Gasteiger partial charge is 0.491 e. The first-order valence-corrected chi connectivity index (χ1v) is 17.2. The molecule has 4 aromatic rings. The van der Waals surface area contributed by atoms with E-state index in [4.69, 9.17) is 9.84 Å². The van der Waals surface area contributed by atoms with Crippen LogP contribution < -0.4 is 20.7 Å². The molecule has 2 aliphatic heterocycles. The van der Waals surface area contributed by atoms with E-state index < -0.39 is 17.6 Å². The average molecular weight is 649 g/mol. The number of piperidine rings is 1. The van der Waals surface area contributed by atoms with Crippen LogP contribution in [-0.2, 0) is 16.1 Å². The summed E-state index contributed by atoms with van der Waals surface area (Å²) in [7, 11) is 0. The molecule has 9 heteroatoms. The average Bonchev–Trinajstić information content (AvgIpc) is 3.31. The van der Waals surface area contributed by atoms with Crippen molar-refractivity contribution < 1.29 is 24.5 Å². The minimum Gasteiger partial charge on any atom is -0.491 e. The summed E-state index contributed by atoms with van der Waals surface area (Å²) in [5.41, 5.74) is 6.34. The highest BCUT2D eigenvalue weighted by Gasteiger charge is 2.40. The number of nitrogens with one attached hydrogen (secondary N) is 3. The maximum Gasteiger partial charge on any atom is 0.328 e. The topological polar surface area (TPSA) is 125 Å². The van der Waals surface area contributed by atoms with Gasteiger partial charge in [-0.1, -0.05) is 55.7 Å². The molecule has 1 aliphatic carbocycles. The van der Waals surface area contributed by atoms with Gasteiger partial charge >= 0.3 is 5.97 Å². The zero-order valence-electron chi connectivity index (χ0n) is 27.2. The van der Waals surface area contributed by atoms with Crippen molar-refractivity contribution in [3.8, 4) is 17.0 Å². The van der Waals surface area contributed by atoms with Crippen molar-refractivity contribution in [1.29, 1.82) is 0 Å². The number of carbonyl (C=O) groups excluding carboxylic acids is 1. The van der Waals surface area contributed by atoms with Gasteiger partial charge in [-0.25, -0.2) is 4.79 Å². The van der Waals surface area contributed by atoms with Crippen LogP contribution in [0.4, 0.5) is 5.69 Å². The van der Waals surface area contributed by atoms with E-state index in [9.17, 15) is 14.7 Å². The molecule has 3 aromatic carbocycles. The summed E-state index contributed by atoms with van der Waals surface area (Å²) in [4.78, 5) is 24.6. The highest BCUT2D eigenvalue weighted by atomic mass is 16.5. The Morgan fingerprint density at radius 3 is 2.56 bits per heavy atom. The molecule has 3 heterocycles. The van der Waals surface area contributed by atoms with Crippen LogP contribution in [0.3, 0.4) is 0 Å². The maximum absolute atomic E-state index is 13.8. The molecule has 1 amide bonds. The molecule has 0 spiro atoms. The lowest BCUT2D eigenvalue weighted by atomic mass is 9.77. The van der Waals surface area contributed by atoms with E-state index in [-0.39, 0.29) is 5.91 Å². The van der Waals surface area contributed by atoms with Crippen LogP contribution in [-0.4, -0.2) is 52.9 Å². The maximum atomic E-state index is 13.8. The van der Waals surface area contributed by atoms with Gasteiger partial charge in [-0.3, -0.25) is 10.1 Å². The Morgan fingerprint density at radius 1 is 1.02 bits per heavy atom. The lowest BCUT2D eigenvalue weighted by Crippen LogP contribution is -2.51. The second-order valence-corrected chi connectivity index (χ2v) is 13.4. The molecule has 1 unspecified atom stereocenters. The molecule has 250 valence electrons. The molecular weight excluding hydrogens is 604 g/mol. The first-order chi connectivity index (χ1) is 23.4. The number of para-hydroxylation sites is 1. The number of amides is 1. The van der Waals surface area contributed by atoms with Gasteiger partial charge in [0.05, 0.1) is 17.7 Å². The number of benzene rings is 3. The SMILES string of the molecule is O=C(O)/C=C/c1ccc(NC(=O)C2(CNC(O)c3ccc4c(C5CCCCC5)c5n(c4c3)CCOc3ccccc3-5)CCNCC2)cc1. The first kappa shape index (κ1) is 32.1. The fourth-order valence-electron chi connectivity index (χ4n) is 7.83. The van der Waals surface area contributed by atoms with E-state index in [1.165, 1.54) is 54.8 Å². The molecule has 1 aromatic heterocycles. The van der Waals surface area contributed by atoms with Gasteiger partial charge in [0.15, 0.2) is 0 Å². The predicted octanol–water partition coefficient (Wildman–Crippen LogP) is 6.44. The zero-order valence-corrected chi connectivity index (χ0v) is 27.2. The minimum atomic E-state index is -1.01. The number of hydrogen-bond donors (Lipinski definition) is 5. The Labute approximate surface area is 281 Å². The molecule has 0 bridgehead atoms. The summed E-state index contributed by atoms with van der Waals surface area (Å²) in [5.74, 6) is 0.311. The molecule has 1 saturated carbocycles. The van der Waals surface area contributed by atoms with Crippen molar-refractivity contribution in [2.75, 3.05) is 31.6 Å². The Hall–Kier alpha value is -4.44. The number of ether oxygens (including phenoxy) is 1. The highest BCUT2D eigenvalue weighted by Crippen LogP contribution is 2.47. The summed E-state index contributed by atoms with van der Waals surface area (Å²) < 4.78 is 8.61. The number of hydrogen-bond acceptors (Lipinski definition) is 6. The Bertz CT molecular complexity index is 1820. The smallest absolute Gasteiger partial charge is 0.328 e. The number of carboxylic acid groups (broad SMARTS) is 1. The quantitative estimate of drug-likeness (QED) is 0.105. The number of aliphatic hydroxyl groups excluding tert-OH is 1.